The molecule has 0 rings (SSSR count). The van der Waals surface area contributed by atoms with Gasteiger partial charge in [0.2, 0.25) is 0 Å². The molecule has 0 aromatic carbocycles. The first-order valence-corrected chi connectivity index (χ1v) is 16.4. The molecule has 0 fully saturated rings. The average molecular weight is 221 g/mol. The molecule has 0 heterocycles. The first-order valence-electron chi connectivity index (χ1n) is 4.98. The lowest BCUT2D eigenvalue weighted by molar-refractivity contribution is 1.71. The van der Waals surface area contributed by atoms with Gasteiger partial charge in [0.15, 0.2) is 0 Å². The van der Waals surface area contributed by atoms with Crippen molar-refractivity contribution in [3.05, 3.63) is 0 Å². The van der Waals surface area contributed by atoms with E-state index in [2.05, 4.69) is 58.9 Å². The SMILES string of the molecule is C[SiH](C)C.C[Si](C)(C)[Si](C)(C)C. The smallest absolute Gasteiger partial charge is 0.0379 e. The van der Waals surface area contributed by atoms with Gasteiger partial charge in [0.1, 0.15) is 0 Å². The van der Waals surface area contributed by atoms with Crippen molar-refractivity contribution in [2.24, 2.45) is 0 Å². The standard InChI is InChI=1S/C6H18Si2.C3H10Si/c1-7(2,3)8(4,5)6;1-4(2)3/h1-6H3;4H,1-3H3. The summed E-state index contributed by atoms with van der Waals surface area (Å²) in [4.78, 5) is 0. The molecular formula is C9H28Si3. The molecule has 0 spiro atoms. The van der Waals surface area contributed by atoms with Crippen LogP contribution in [0.15, 0.2) is 0 Å². The summed E-state index contributed by atoms with van der Waals surface area (Å²) < 4.78 is 0. The summed E-state index contributed by atoms with van der Waals surface area (Å²) in [5.74, 6) is 0. The number of hydrogen-bond acceptors (Lipinski definition) is 0. The summed E-state index contributed by atoms with van der Waals surface area (Å²) in [6, 6.07) is 0. The molecule has 0 N–H and O–H groups in total. The predicted molar refractivity (Wildman–Crippen MR) is 71.4 cm³/mol. The van der Waals surface area contributed by atoms with E-state index >= 15 is 0 Å². The van der Waals surface area contributed by atoms with E-state index in [4.69, 9.17) is 0 Å². The molecule has 0 bridgehead atoms. The minimum atomic E-state index is -0.720. The molecule has 0 aliphatic carbocycles. The fraction of sp³-hybridized carbons (Fsp3) is 1.00. The Bertz CT molecular complexity index is 91.2. The maximum Gasteiger partial charge on any atom is 0.0379 e. The summed E-state index contributed by atoms with van der Waals surface area (Å²) in [7, 11) is -1.58. The van der Waals surface area contributed by atoms with Crippen LogP contribution >= 0.6 is 0 Å². The van der Waals surface area contributed by atoms with E-state index in [1.54, 1.807) is 0 Å². The summed E-state index contributed by atoms with van der Waals surface area (Å²) in [5, 5.41) is 0. The molecular weight excluding hydrogens is 192 g/mol. The molecule has 0 amide bonds. The van der Waals surface area contributed by atoms with Crippen LogP contribution in [0.2, 0.25) is 58.9 Å². The molecule has 0 aliphatic rings. The van der Waals surface area contributed by atoms with Crippen LogP contribution in [0.4, 0.5) is 0 Å². The normalized spacial score (nSPS) is 12.5. The third-order valence-electron chi connectivity index (χ3n) is 2.25. The zero-order chi connectivity index (χ0) is 10.6. The second kappa shape index (κ2) is 5.40. The Morgan fingerprint density at radius 2 is 0.667 bits per heavy atom. The molecule has 0 aliphatic heterocycles. The minimum absolute atomic E-state index is 0.139. The van der Waals surface area contributed by atoms with Gasteiger partial charge in [-0.3, -0.25) is 0 Å². The minimum Gasteiger partial charge on any atom is -0.0724 e. The van der Waals surface area contributed by atoms with E-state index < -0.39 is 15.2 Å². The van der Waals surface area contributed by atoms with E-state index in [0.717, 1.165) is 0 Å². The first-order chi connectivity index (χ1) is 4.98. The van der Waals surface area contributed by atoms with Crippen LogP contribution in [-0.2, 0) is 0 Å². The highest BCUT2D eigenvalue weighted by molar-refractivity contribution is 7.39. The zero-order valence-electron chi connectivity index (χ0n) is 10.6. The Morgan fingerprint density at radius 1 is 0.583 bits per heavy atom. The van der Waals surface area contributed by atoms with Crippen molar-refractivity contribution < 1.29 is 0 Å². The fourth-order valence-electron chi connectivity index (χ4n) is 0. The molecule has 0 nitrogen and oxygen atoms in total. The predicted octanol–water partition coefficient (Wildman–Crippen LogP) is 3.84. The van der Waals surface area contributed by atoms with Crippen LogP contribution in [0, 0.1) is 0 Å². The maximum atomic E-state index is 2.47. The van der Waals surface area contributed by atoms with Gasteiger partial charge in [-0.2, -0.15) is 0 Å². The van der Waals surface area contributed by atoms with Crippen molar-refractivity contribution in [1.82, 2.24) is 0 Å². The van der Waals surface area contributed by atoms with Crippen LogP contribution < -0.4 is 0 Å². The van der Waals surface area contributed by atoms with Gasteiger partial charge >= 0.3 is 0 Å². The summed E-state index contributed by atoms with van der Waals surface area (Å²) in [6.07, 6.45) is 0. The van der Waals surface area contributed by atoms with Gasteiger partial charge in [-0.1, -0.05) is 58.9 Å². The Hall–Kier alpha value is 0.651. The molecule has 0 aromatic rings. The third-order valence-corrected chi connectivity index (χ3v) is 20.2. The third kappa shape index (κ3) is 10.7. The van der Waals surface area contributed by atoms with Crippen molar-refractivity contribution in [2.75, 3.05) is 0 Å². The monoisotopic (exact) mass is 220 g/mol. The lowest BCUT2D eigenvalue weighted by Crippen LogP contribution is -2.49. The van der Waals surface area contributed by atoms with Crippen LogP contribution in [0.3, 0.4) is 0 Å². The van der Waals surface area contributed by atoms with Gasteiger partial charge in [-0.15, -0.1) is 0 Å². The largest absolute Gasteiger partial charge is 0.0724 e. The second-order valence-corrected chi connectivity index (χ2v) is 27.7. The molecule has 0 saturated heterocycles. The van der Waals surface area contributed by atoms with Crippen LogP contribution in [0.1, 0.15) is 0 Å². The van der Waals surface area contributed by atoms with Gasteiger partial charge in [0.25, 0.3) is 0 Å². The van der Waals surface area contributed by atoms with Gasteiger partial charge < -0.3 is 0 Å². The highest BCUT2D eigenvalue weighted by atomic mass is 29.3. The van der Waals surface area contributed by atoms with Crippen LogP contribution in [0.25, 0.3) is 0 Å². The lowest BCUT2D eigenvalue weighted by atomic mass is 11.8. The molecule has 0 saturated carbocycles. The van der Waals surface area contributed by atoms with Gasteiger partial charge in [0.05, 0.1) is 0 Å². The number of rotatable bonds is 1. The van der Waals surface area contributed by atoms with Crippen molar-refractivity contribution in [2.45, 2.75) is 58.9 Å². The molecule has 3 heteroatoms. The van der Waals surface area contributed by atoms with Crippen molar-refractivity contribution in [3.63, 3.8) is 0 Å². The lowest BCUT2D eigenvalue weighted by Gasteiger charge is -2.30. The highest BCUT2D eigenvalue weighted by Crippen LogP contribution is 2.16. The first kappa shape index (κ1) is 15.1. The van der Waals surface area contributed by atoms with E-state index in [1.165, 1.54) is 0 Å². The van der Waals surface area contributed by atoms with Crippen molar-refractivity contribution >= 4 is 24.0 Å². The Balaban J connectivity index is 0. The van der Waals surface area contributed by atoms with E-state index in [0.29, 0.717) is 0 Å². The van der Waals surface area contributed by atoms with E-state index in [1.807, 2.05) is 0 Å². The highest BCUT2D eigenvalue weighted by Gasteiger charge is 2.31. The second-order valence-electron chi connectivity index (χ2n) is 6.23. The summed E-state index contributed by atoms with van der Waals surface area (Å²) in [6.45, 7) is 21.7. The number of hydrogen-bond donors (Lipinski definition) is 0. The van der Waals surface area contributed by atoms with Crippen LogP contribution in [-0.4, -0.2) is 24.0 Å². The Morgan fingerprint density at radius 3 is 0.667 bits per heavy atom. The molecule has 0 atom stereocenters. The molecule has 76 valence electrons. The van der Waals surface area contributed by atoms with Gasteiger partial charge in [-0.05, 0) is 0 Å². The maximum absolute atomic E-state index is 2.47. The van der Waals surface area contributed by atoms with Crippen molar-refractivity contribution in [1.29, 1.82) is 0 Å². The average Bonchev–Trinajstić information content (AvgIpc) is 1.55. The molecule has 0 aromatic heterocycles. The van der Waals surface area contributed by atoms with Gasteiger partial charge in [0, 0.05) is 24.0 Å². The van der Waals surface area contributed by atoms with Crippen LogP contribution in [0.5, 0.6) is 0 Å². The van der Waals surface area contributed by atoms with E-state index in [9.17, 15) is 0 Å². The molecule has 0 radical (unpaired) electrons. The molecule has 12 heavy (non-hydrogen) atoms. The molecule has 0 unspecified atom stereocenters. The Labute approximate surface area is 83.2 Å². The summed E-state index contributed by atoms with van der Waals surface area (Å²) >= 11 is 0. The Kier molecular flexibility index (Phi) is 6.81. The zero-order valence-corrected chi connectivity index (χ0v) is 13.7. The van der Waals surface area contributed by atoms with Gasteiger partial charge in [-0.25, -0.2) is 0 Å². The van der Waals surface area contributed by atoms with Crippen molar-refractivity contribution in [3.8, 4) is 0 Å². The topological polar surface area (TPSA) is 0 Å². The summed E-state index contributed by atoms with van der Waals surface area (Å²) in [5.41, 5.74) is 0. The quantitative estimate of drug-likeness (QED) is 0.589. The van der Waals surface area contributed by atoms with E-state index in [-0.39, 0.29) is 8.80 Å². The fourth-order valence-corrected chi connectivity index (χ4v) is 0.